The van der Waals surface area contributed by atoms with Gasteiger partial charge in [-0.2, -0.15) is 0 Å². The van der Waals surface area contributed by atoms with Crippen LogP contribution in [0.1, 0.15) is 22.3 Å². The summed E-state index contributed by atoms with van der Waals surface area (Å²) in [5, 5.41) is 0. The molecule has 22 heavy (non-hydrogen) atoms. The molecule has 0 spiro atoms. The van der Waals surface area contributed by atoms with E-state index in [1.54, 1.807) is 0 Å². The first-order valence-electron chi connectivity index (χ1n) is 7.11. The van der Waals surface area contributed by atoms with Crippen molar-refractivity contribution in [3.8, 4) is 0 Å². The average Bonchev–Trinajstić information content (AvgIpc) is 2.82. The summed E-state index contributed by atoms with van der Waals surface area (Å²) in [4.78, 5) is 4.27. The number of halogens is 1. The van der Waals surface area contributed by atoms with E-state index in [4.69, 9.17) is 0 Å². The first-order chi connectivity index (χ1) is 10.6. The molecular weight excluding hydrogens is 388 g/mol. The Bertz CT molecular complexity index is 634. The summed E-state index contributed by atoms with van der Waals surface area (Å²) in [7, 11) is 6.50. The molecule has 0 unspecified atom stereocenters. The van der Waals surface area contributed by atoms with Crippen LogP contribution in [0, 0.1) is 27.4 Å². The molecule has 1 heterocycles. The Kier molecular flexibility index (Phi) is 5.99. The van der Waals surface area contributed by atoms with Gasteiger partial charge in [0.15, 0.2) is 0 Å². The number of hydrogen-bond acceptors (Lipinski definition) is 2. The number of nitrogens with zero attached hydrogens (tertiary/aromatic N) is 2. The van der Waals surface area contributed by atoms with E-state index in [1.807, 2.05) is 7.05 Å². The summed E-state index contributed by atoms with van der Waals surface area (Å²) in [5.74, 6) is 0. The second-order valence-corrected chi connectivity index (χ2v) is 5.61. The summed E-state index contributed by atoms with van der Waals surface area (Å²) in [6, 6.07) is 13.0. The van der Waals surface area contributed by atoms with Crippen molar-refractivity contribution in [2.75, 3.05) is 16.8 Å². The zero-order chi connectivity index (χ0) is 16.3. The first kappa shape index (κ1) is 17.4. The second-order valence-electron chi connectivity index (χ2n) is 5.61. The number of hydrogen-bond donors (Lipinski definition) is 0. The van der Waals surface area contributed by atoms with Gasteiger partial charge in [-0.05, 0) is 49.6 Å². The van der Waals surface area contributed by atoms with Gasteiger partial charge in [0, 0.05) is 13.6 Å². The summed E-state index contributed by atoms with van der Waals surface area (Å²) < 4.78 is 0. The van der Waals surface area contributed by atoms with Crippen LogP contribution in [0.5, 0.6) is 0 Å². The van der Waals surface area contributed by atoms with Crippen molar-refractivity contribution in [2.24, 2.45) is 0 Å². The molecule has 2 radical (unpaired) electrons. The molecule has 0 bridgehead atoms. The maximum atomic E-state index is 4.45. The van der Waals surface area contributed by atoms with Crippen molar-refractivity contribution < 1.29 is 20.0 Å². The molecule has 3 rings (SSSR count). The van der Waals surface area contributed by atoms with Crippen LogP contribution in [0.3, 0.4) is 0 Å². The quantitative estimate of drug-likeness (QED) is 0.663. The summed E-state index contributed by atoms with van der Waals surface area (Å²) in [6.45, 7) is 10.8. The van der Waals surface area contributed by atoms with Gasteiger partial charge in [-0.15, -0.1) is 0 Å². The molecule has 0 saturated carbocycles. The molecule has 0 fully saturated rings. The molecule has 0 N–H and O–H groups in total. The number of benzene rings is 2. The van der Waals surface area contributed by atoms with Crippen LogP contribution >= 0.6 is 9.19 Å². The molecular formula is C18H20AgClN2. The third-order valence-corrected chi connectivity index (χ3v) is 3.96. The SMILES string of the molecule is Cc1cc(C)c(CN2[C]N(C)c3ccccc32)c(C)c1.[Cl][Ag]. The topological polar surface area (TPSA) is 6.48 Å². The molecule has 4 heteroatoms. The molecule has 2 aromatic rings. The maximum absolute atomic E-state index is 4.45. The molecule has 0 aromatic heterocycles. The van der Waals surface area contributed by atoms with Crippen LogP contribution < -0.4 is 9.80 Å². The van der Waals surface area contributed by atoms with E-state index in [0.29, 0.717) is 0 Å². The van der Waals surface area contributed by atoms with Gasteiger partial charge >= 0.3 is 29.2 Å². The Labute approximate surface area is 149 Å². The van der Waals surface area contributed by atoms with Crippen LogP contribution in [-0.4, -0.2) is 7.05 Å². The Morgan fingerprint density at radius 3 is 2.14 bits per heavy atom. The predicted molar refractivity (Wildman–Crippen MR) is 90.8 cm³/mol. The first-order valence-corrected chi connectivity index (χ1v) is 9.02. The van der Waals surface area contributed by atoms with Crippen LogP contribution in [0.2, 0.25) is 0 Å². The van der Waals surface area contributed by atoms with Crippen LogP contribution in [0.4, 0.5) is 11.4 Å². The molecule has 1 aliphatic rings. The summed E-state index contributed by atoms with van der Waals surface area (Å²) >= 11 is 2.42. The summed E-state index contributed by atoms with van der Waals surface area (Å²) in [6.07, 6.45) is 0. The van der Waals surface area contributed by atoms with E-state index >= 15 is 0 Å². The van der Waals surface area contributed by atoms with Gasteiger partial charge in [0.2, 0.25) is 6.67 Å². The monoisotopic (exact) mass is 406 g/mol. The van der Waals surface area contributed by atoms with Gasteiger partial charge in [0.25, 0.3) is 0 Å². The van der Waals surface area contributed by atoms with Crippen LogP contribution in [-0.2, 0) is 26.5 Å². The Balaban J connectivity index is 0.000000847. The summed E-state index contributed by atoms with van der Waals surface area (Å²) in [5.41, 5.74) is 7.89. The minimum absolute atomic E-state index is 0.874. The standard InChI is InChI=1S/C18H20N2.Ag.ClH/c1-13-9-14(2)16(15(3)10-13)11-20-12-19(4)17-7-5-6-8-18(17)20;;/h5-10H,11H2,1-4H3;;1H/q;+1;/p-1. The number of aryl methyl sites for hydroxylation is 3. The van der Waals surface area contributed by atoms with Crippen molar-refractivity contribution in [2.45, 2.75) is 27.3 Å². The molecule has 2 aromatic carbocycles. The molecule has 2 nitrogen and oxygen atoms in total. The van der Waals surface area contributed by atoms with Crippen molar-refractivity contribution in [1.29, 1.82) is 0 Å². The van der Waals surface area contributed by atoms with Gasteiger partial charge in [0.1, 0.15) is 0 Å². The van der Waals surface area contributed by atoms with Crippen molar-refractivity contribution in [1.82, 2.24) is 0 Å². The molecule has 0 saturated heterocycles. The fourth-order valence-electron chi connectivity index (χ4n) is 3.00. The van der Waals surface area contributed by atoms with Gasteiger partial charge < -0.3 is 9.80 Å². The van der Waals surface area contributed by atoms with Crippen LogP contribution in [0.15, 0.2) is 36.4 Å². The third kappa shape index (κ3) is 3.52. The van der Waals surface area contributed by atoms with Crippen LogP contribution in [0.25, 0.3) is 0 Å². The third-order valence-electron chi connectivity index (χ3n) is 3.96. The second kappa shape index (κ2) is 7.56. The predicted octanol–water partition coefficient (Wildman–Crippen LogP) is 4.75. The minimum atomic E-state index is 0.874. The van der Waals surface area contributed by atoms with Gasteiger partial charge in [-0.3, -0.25) is 0 Å². The van der Waals surface area contributed by atoms with E-state index in [9.17, 15) is 0 Å². The van der Waals surface area contributed by atoms with Gasteiger partial charge in [-0.25, -0.2) is 0 Å². The fourth-order valence-corrected chi connectivity index (χ4v) is 3.00. The fraction of sp³-hybridized carbons (Fsp3) is 0.278. The van der Waals surface area contributed by atoms with Crippen molar-refractivity contribution >= 4 is 20.6 Å². The van der Waals surface area contributed by atoms with E-state index in [2.05, 4.69) is 103 Å². The van der Waals surface area contributed by atoms with E-state index in [1.165, 1.54) is 33.6 Å². The van der Waals surface area contributed by atoms with Crippen molar-refractivity contribution in [3.05, 3.63) is 65.3 Å². The molecule has 0 amide bonds. The average molecular weight is 408 g/mol. The zero-order valence-corrected chi connectivity index (χ0v) is 15.5. The number of anilines is 2. The van der Waals surface area contributed by atoms with E-state index in [0.717, 1.165) is 6.54 Å². The number of rotatable bonds is 2. The normalized spacial score (nSPS) is 12.9. The Morgan fingerprint density at radius 2 is 1.55 bits per heavy atom. The number of para-hydroxylation sites is 2. The molecule has 1 aliphatic heterocycles. The van der Waals surface area contributed by atoms with Gasteiger partial charge in [-0.1, -0.05) is 29.8 Å². The molecule has 120 valence electrons. The number of fused-ring (bicyclic) bond motifs is 1. The molecule has 0 aliphatic carbocycles. The molecule has 0 atom stereocenters. The van der Waals surface area contributed by atoms with Crippen molar-refractivity contribution in [3.63, 3.8) is 0 Å². The van der Waals surface area contributed by atoms with Gasteiger partial charge in [0.05, 0.1) is 11.4 Å². The van der Waals surface area contributed by atoms with E-state index in [-0.39, 0.29) is 0 Å². The Morgan fingerprint density at radius 1 is 1.00 bits per heavy atom. The Hall–Kier alpha value is -0.930. The van der Waals surface area contributed by atoms with E-state index < -0.39 is 0 Å². The zero-order valence-electron chi connectivity index (χ0n) is 13.2.